The number of thiophene rings is 1. The van der Waals surface area contributed by atoms with Gasteiger partial charge in [0, 0.05) is 0 Å². The van der Waals surface area contributed by atoms with Crippen LogP contribution in [0.4, 0.5) is 0 Å². The Kier molecular flexibility index (Phi) is 9.97. The van der Waals surface area contributed by atoms with Crippen molar-refractivity contribution in [3.8, 4) is 0 Å². The third-order valence-corrected chi connectivity index (χ3v) is 2.78. The second kappa shape index (κ2) is 9.50. The SMILES string of the molecule is CCC[CH2][SnH].c1ccsc1. The van der Waals surface area contributed by atoms with E-state index in [-0.39, 0.29) is 0 Å². The number of hydrogen-bond acceptors (Lipinski definition) is 1. The largest absolute Gasteiger partial charge is 0.152 e. The Morgan fingerprint density at radius 3 is 2.00 bits per heavy atom. The minimum atomic E-state index is 1.38. The summed E-state index contributed by atoms with van der Waals surface area (Å²) < 4.78 is 1.47. The summed E-state index contributed by atoms with van der Waals surface area (Å²) in [4.78, 5) is 0. The van der Waals surface area contributed by atoms with Crippen molar-refractivity contribution < 1.29 is 0 Å². The average molecular weight is 261 g/mol. The Bertz CT molecular complexity index is 95.6. The van der Waals surface area contributed by atoms with Crippen molar-refractivity contribution in [2.75, 3.05) is 0 Å². The molecule has 1 aromatic heterocycles. The van der Waals surface area contributed by atoms with Crippen molar-refractivity contribution in [3.05, 3.63) is 22.9 Å². The molecule has 0 aliphatic carbocycles. The molecule has 0 fully saturated rings. The fraction of sp³-hybridized carbons (Fsp3) is 0.500. The van der Waals surface area contributed by atoms with Crippen LogP contribution in [-0.2, 0) is 0 Å². The van der Waals surface area contributed by atoms with Gasteiger partial charge in [-0.2, -0.15) is 11.3 Å². The second-order valence-electron chi connectivity index (χ2n) is 1.94. The molecule has 2 heteroatoms. The molecule has 0 aromatic carbocycles. The second-order valence-corrected chi connectivity index (χ2v) is 4.40. The first kappa shape index (κ1) is 10.5. The monoisotopic (exact) mass is 262 g/mol. The molecule has 0 bridgehead atoms. The van der Waals surface area contributed by atoms with Gasteiger partial charge in [-0.3, -0.25) is 0 Å². The molecule has 2 radical (unpaired) electrons. The molecule has 0 aliphatic heterocycles. The van der Waals surface area contributed by atoms with Crippen molar-refractivity contribution in [2.45, 2.75) is 24.2 Å². The van der Waals surface area contributed by atoms with Crippen LogP contribution in [0.15, 0.2) is 22.9 Å². The molecule has 0 spiro atoms. The standard InChI is InChI=1S/C4H4S.C4H9.Sn.H/c1-2-4-5-3-1;1-3-4-2;;/h1-4H;1,3-4H2,2H3;;. The fourth-order valence-corrected chi connectivity index (χ4v) is 2.05. The van der Waals surface area contributed by atoms with E-state index in [0.29, 0.717) is 0 Å². The molecule has 0 saturated heterocycles. The van der Waals surface area contributed by atoms with Crippen LogP contribution in [0.3, 0.4) is 0 Å². The van der Waals surface area contributed by atoms with Gasteiger partial charge in [0.05, 0.1) is 0 Å². The quantitative estimate of drug-likeness (QED) is 0.718. The predicted molar refractivity (Wildman–Crippen MR) is 51.2 cm³/mol. The van der Waals surface area contributed by atoms with Crippen LogP contribution in [0.1, 0.15) is 19.8 Å². The van der Waals surface area contributed by atoms with E-state index >= 15 is 0 Å². The Morgan fingerprint density at radius 1 is 1.30 bits per heavy atom. The summed E-state index contributed by atoms with van der Waals surface area (Å²) in [6.07, 6.45) is 2.82. The normalized spacial score (nSPS) is 8.20. The van der Waals surface area contributed by atoms with Crippen molar-refractivity contribution in [2.24, 2.45) is 0 Å². The van der Waals surface area contributed by atoms with Crippen molar-refractivity contribution in [1.29, 1.82) is 0 Å². The molecule has 1 aromatic rings. The van der Waals surface area contributed by atoms with E-state index in [1.165, 1.54) is 39.8 Å². The summed E-state index contributed by atoms with van der Waals surface area (Å²) in [5.41, 5.74) is 0. The summed E-state index contributed by atoms with van der Waals surface area (Å²) in [6, 6.07) is 4.04. The molecule has 0 nitrogen and oxygen atoms in total. The van der Waals surface area contributed by atoms with Gasteiger partial charge >= 0.3 is 46.7 Å². The van der Waals surface area contributed by atoms with Gasteiger partial charge in [0.1, 0.15) is 0 Å². The summed E-state index contributed by atoms with van der Waals surface area (Å²) in [7, 11) is 0. The third kappa shape index (κ3) is 8.50. The average Bonchev–Trinajstić information content (AvgIpc) is 2.44. The third-order valence-electron chi connectivity index (χ3n) is 0.983. The van der Waals surface area contributed by atoms with Crippen LogP contribution in [0, 0.1) is 0 Å². The maximum Gasteiger partial charge on any atom is -0.00934 e. The summed E-state index contributed by atoms with van der Waals surface area (Å²) in [5, 5.41) is 4.08. The molecule has 1 rings (SSSR count). The number of hydrogen-bond donors (Lipinski definition) is 0. The zero-order valence-corrected chi connectivity index (χ0v) is 10.5. The molecule has 0 saturated carbocycles. The predicted octanol–water partition coefficient (Wildman–Crippen LogP) is 2.85. The Morgan fingerprint density at radius 2 is 1.90 bits per heavy atom. The van der Waals surface area contributed by atoms with E-state index in [1.54, 1.807) is 11.3 Å². The Balaban J connectivity index is 0.000000162. The smallest absolute Gasteiger partial charge is 0.00934 e. The van der Waals surface area contributed by atoms with Gasteiger partial charge in [-0.1, -0.05) is 12.1 Å². The van der Waals surface area contributed by atoms with Gasteiger partial charge < -0.3 is 0 Å². The van der Waals surface area contributed by atoms with E-state index in [9.17, 15) is 0 Å². The maximum absolute atomic E-state index is 2.23. The zero-order valence-electron chi connectivity index (χ0n) is 6.42. The first-order chi connectivity index (χ1) is 4.91. The van der Waals surface area contributed by atoms with Crippen molar-refractivity contribution in [1.82, 2.24) is 0 Å². The van der Waals surface area contributed by atoms with Gasteiger partial charge in [0.15, 0.2) is 0 Å². The van der Waals surface area contributed by atoms with E-state index in [4.69, 9.17) is 0 Å². The zero-order chi connectivity index (χ0) is 7.66. The van der Waals surface area contributed by atoms with Gasteiger partial charge in [-0.15, -0.1) is 0 Å². The van der Waals surface area contributed by atoms with E-state index in [1.807, 2.05) is 22.9 Å². The van der Waals surface area contributed by atoms with Crippen LogP contribution in [-0.4, -0.2) is 22.5 Å². The minimum absolute atomic E-state index is 1.38. The molecule has 0 unspecified atom stereocenters. The molecule has 56 valence electrons. The summed E-state index contributed by atoms with van der Waals surface area (Å²) in [5.74, 6) is 0. The van der Waals surface area contributed by atoms with Crippen LogP contribution in [0.25, 0.3) is 0 Å². The van der Waals surface area contributed by atoms with Crippen molar-refractivity contribution in [3.63, 3.8) is 0 Å². The molecular weight excluding hydrogens is 247 g/mol. The fourth-order valence-electron chi connectivity index (χ4n) is 0.431. The maximum atomic E-state index is 2.23. The van der Waals surface area contributed by atoms with Gasteiger partial charge in [0.2, 0.25) is 0 Å². The molecule has 0 amide bonds. The molecule has 10 heavy (non-hydrogen) atoms. The van der Waals surface area contributed by atoms with Crippen LogP contribution in [0.2, 0.25) is 4.44 Å². The number of unbranched alkanes of at least 4 members (excludes halogenated alkanes) is 1. The van der Waals surface area contributed by atoms with Gasteiger partial charge in [0.25, 0.3) is 0 Å². The van der Waals surface area contributed by atoms with Crippen LogP contribution >= 0.6 is 11.3 Å². The Labute approximate surface area is 80.7 Å². The summed E-state index contributed by atoms with van der Waals surface area (Å²) in [6.45, 7) is 2.23. The Hall–Kier alpha value is 0.499. The van der Waals surface area contributed by atoms with Gasteiger partial charge in [-0.05, 0) is 10.8 Å². The van der Waals surface area contributed by atoms with Crippen LogP contribution < -0.4 is 0 Å². The van der Waals surface area contributed by atoms with E-state index in [0.717, 1.165) is 0 Å². The molecule has 0 atom stereocenters. The van der Waals surface area contributed by atoms with E-state index in [2.05, 4.69) is 6.92 Å². The van der Waals surface area contributed by atoms with Crippen molar-refractivity contribution >= 4 is 33.9 Å². The number of rotatable bonds is 2. The van der Waals surface area contributed by atoms with E-state index < -0.39 is 0 Å². The van der Waals surface area contributed by atoms with Gasteiger partial charge in [-0.25, -0.2) is 0 Å². The molecule has 0 N–H and O–H groups in total. The molecular formula is C8H14SSn. The minimum Gasteiger partial charge on any atom is -0.152 e. The van der Waals surface area contributed by atoms with Crippen LogP contribution in [0.5, 0.6) is 0 Å². The summed E-state index contributed by atoms with van der Waals surface area (Å²) >= 11 is 3.16. The molecule has 1 heterocycles. The first-order valence-electron chi connectivity index (χ1n) is 3.59. The first-order valence-corrected chi connectivity index (χ1v) is 6.86. The topological polar surface area (TPSA) is 0 Å². The molecule has 0 aliphatic rings.